The number of hydrogen-bond donors (Lipinski definition) is 2. The smallest absolute Gasteiger partial charge is 0.379 e. The molecule has 1 saturated heterocycles. The van der Waals surface area contributed by atoms with Gasteiger partial charge in [0.1, 0.15) is 5.03 Å². The lowest BCUT2D eigenvalue weighted by molar-refractivity contribution is -0.143. The van der Waals surface area contributed by atoms with Crippen LogP contribution < -0.4 is 5.32 Å². The number of H-pyrrole nitrogens is 1. The number of alkyl halides is 3. The van der Waals surface area contributed by atoms with E-state index in [0.717, 1.165) is 44.3 Å². The Bertz CT molecular complexity index is 1050. The molecule has 2 N–H and O–H groups in total. The van der Waals surface area contributed by atoms with Crippen molar-refractivity contribution in [2.75, 3.05) is 38.2 Å². The second-order valence-electron chi connectivity index (χ2n) is 7.68. The molecule has 8 nitrogen and oxygen atoms in total. The zero-order chi connectivity index (χ0) is 22.1. The summed E-state index contributed by atoms with van der Waals surface area (Å²) in [4.78, 5) is 21.8. The lowest BCUT2D eigenvalue weighted by Crippen LogP contribution is -2.53. The molecule has 0 unspecified atom stereocenters. The normalized spacial score (nSPS) is 16.0. The number of imidazole rings is 1. The predicted octanol–water partition coefficient (Wildman–Crippen LogP) is 3.44. The van der Waals surface area contributed by atoms with Crippen molar-refractivity contribution in [3.63, 3.8) is 0 Å². The molecule has 3 aromatic rings. The summed E-state index contributed by atoms with van der Waals surface area (Å²) in [6, 6.07) is 2.82. The first-order valence-corrected chi connectivity index (χ1v) is 10.5. The Kier molecular flexibility index (Phi) is 6.04. The minimum absolute atomic E-state index is 0.0335. The Labute approximate surface area is 181 Å². The van der Waals surface area contributed by atoms with Crippen LogP contribution in [0.5, 0.6) is 0 Å². The fourth-order valence-electron chi connectivity index (χ4n) is 3.29. The van der Waals surface area contributed by atoms with E-state index in [0.29, 0.717) is 28.8 Å². The molecule has 0 amide bonds. The van der Waals surface area contributed by atoms with E-state index in [1.807, 2.05) is 0 Å². The van der Waals surface area contributed by atoms with Crippen LogP contribution >= 0.6 is 11.8 Å². The summed E-state index contributed by atoms with van der Waals surface area (Å²) in [5.74, 6) is 0.510. The van der Waals surface area contributed by atoms with Gasteiger partial charge >= 0.3 is 6.18 Å². The summed E-state index contributed by atoms with van der Waals surface area (Å²) < 4.78 is 44.9. The molecule has 12 heteroatoms. The van der Waals surface area contributed by atoms with Gasteiger partial charge in [-0.3, -0.25) is 9.88 Å². The maximum absolute atomic E-state index is 13.2. The van der Waals surface area contributed by atoms with Crippen LogP contribution in [-0.4, -0.2) is 68.2 Å². The lowest BCUT2D eigenvalue weighted by Gasteiger charge is -2.40. The largest absolute Gasteiger partial charge is 0.434 e. The Morgan fingerprint density at radius 3 is 2.71 bits per heavy atom. The number of nitrogens with zero attached hydrogens (tertiary/aromatic N) is 5. The summed E-state index contributed by atoms with van der Waals surface area (Å²) >= 11 is 0.859. The van der Waals surface area contributed by atoms with E-state index >= 15 is 0 Å². The lowest BCUT2D eigenvalue weighted by atomic mass is 10.0. The summed E-state index contributed by atoms with van der Waals surface area (Å²) in [5, 5.41) is 3.59. The number of anilines is 1. The highest BCUT2D eigenvalue weighted by molar-refractivity contribution is 7.99. The van der Waals surface area contributed by atoms with Crippen molar-refractivity contribution in [1.29, 1.82) is 0 Å². The topological polar surface area (TPSA) is 91.8 Å². The van der Waals surface area contributed by atoms with Crippen LogP contribution in [0, 0.1) is 0 Å². The monoisotopic (exact) mass is 453 g/mol. The fourth-order valence-corrected chi connectivity index (χ4v) is 4.17. The van der Waals surface area contributed by atoms with Gasteiger partial charge in [0.25, 0.3) is 0 Å². The molecule has 0 aromatic carbocycles. The number of morpholine rings is 1. The average molecular weight is 453 g/mol. The summed E-state index contributed by atoms with van der Waals surface area (Å²) in [6.45, 7) is 8.10. The Hall–Kier alpha value is -2.44. The standard InChI is InChI=1S/C19H22F3N7OS/c1-18(2,29-6-8-30-9-7-29)11-25-17-27-15-16(28-17)26-13(10-24-15)31-12-4-3-5-23-14(12)19(20,21)22/h3-5,10H,6-9,11H2,1-2H3,(H2,24,25,26,27,28). The second-order valence-corrected chi connectivity index (χ2v) is 8.74. The number of hydrogen-bond acceptors (Lipinski definition) is 8. The molecular formula is C19H22F3N7OS. The number of rotatable bonds is 6. The summed E-state index contributed by atoms with van der Waals surface area (Å²) in [5.41, 5.74) is -0.273. The van der Waals surface area contributed by atoms with Gasteiger partial charge in [-0.1, -0.05) is 11.8 Å². The summed E-state index contributed by atoms with van der Waals surface area (Å²) in [7, 11) is 0. The summed E-state index contributed by atoms with van der Waals surface area (Å²) in [6.07, 6.45) is -2.02. The van der Waals surface area contributed by atoms with Gasteiger partial charge in [-0.05, 0) is 26.0 Å². The highest BCUT2D eigenvalue weighted by Crippen LogP contribution is 2.37. The Morgan fingerprint density at radius 2 is 1.97 bits per heavy atom. The number of halogens is 3. The molecule has 166 valence electrons. The van der Waals surface area contributed by atoms with Crippen LogP contribution in [0.4, 0.5) is 19.1 Å². The van der Waals surface area contributed by atoms with Gasteiger partial charge in [0.05, 0.1) is 19.4 Å². The van der Waals surface area contributed by atoms with Gasteiger partial charge in [-0.25, -0.2) is 9.97 Å². The number of ether oxygens (including phenoxy) is 1. The molecule has 0 aliphatic carbocycles. The molecule has 1 aliphatic rings. The van der Waals surface area contributed by atoms with Crippen molar-refractivity contribution in [2.45, 2.75) is 35.5 Å². The van der Waals surface area contributed by atoms with E-state index in [1.54, 1.807) is 0 Å². The van der Waals surface area contributed by atoms with Crippen molar-refractivity contribution >= 4 is 29.0 Å². The molecule has 3 aromatic heterocycles. The molecule has 1 fully saturated rings. The minimum Gasteiger partial charge on any atom is -0.379 e. The maximum Gasteiger partial charge on any atom is 0.434 e. The molecule has 4 heterocycles. The fraction of sp³-hybridized carbons (Fsp3) is 0.474. The third-order valence-electron chi connectivity index (χ3n) is 4.99. The molecule has 1 aliphatic heterocycles. The van der Waals surface area contributed by atoms with Gasteiger partial charge in [-0.15, -0.1) is 0 Å². The molecule has 0 radical (unpaired) electrons. The third kappa shape index (κ3) is 5.08. The molecular weight excluding hydrogens is 431 g/mol. The number of fused-ring (bicyclic) bond motifs is 1. The van der Waals surface area contributed by atoms with Crippen LogP contribution in [0.2, 0.25) is 0 Å². The number of pyridine rings is 1. The first-order valence-electron chi connectivity index (χ1n) is 9.72. The molecule has 0 atom stereocenters. The first kappa shape index (κ1) is 21.8. The SMILES string of the molecule is CC(C)(CNc1nc2ncc(Sc3cccnc3C(F)(F)F)nc2[nH]1)N1CCOCC1. The van der Waals surface area contributed by atoms with Crippen molar-refractivity contribution in [3.8, 4) is 0 Å². The van der Waals surface area contributed by atoms with Gasteiger partial charge in [0.2, 0.25) is 5.95 Å². The van der Waals surface area contributed by atoms with E-state index in [2.05, 4.69) is 49.0 Å². The van der Waals surface area contributed by atoms with Crippen molar-refractivity contribution in [1.82, 2.24) is 29.8 Å². The van der Waals surface area contributed by atoms with Crippen LogP contribution in [0.25, 0.3) is 11.3 Å². The van der Waals surface area contributed by atoms with Crippen molar-refractivity contribution in [3.05, 3.63) is 30.2 Å². The van der Waals surface area contributed by atoms with Gasteiger partial charge in [0.15, 0.2) is 17.0 Å². The second kappa shape index (κ2) is 8.60. The average Bonchev–Trinajstić information content (AvgIpc) is 3.15. The minimum atomic E-state index is -4.54. The number of nitrogens with one attached hydrogen (secondary N) is 2. The van der Waals surface area contributed by atoms with Crippen LogP contribution in [0.3, 0.4) is 0 Å². The van der Waals surface area contributed by atoms with Gasteiger partial charge < -0.3 is 15.0 Å². The number of aromatic nitrogens is 5. The zero-order valence-electron chi connectivity index (χ0n) is 17.0. The zero-order valence-corrected chi connectivity index (χ0v) is 17.8. The van der Waals surface area contributed by atoms with E-state index in [9.17, 15) is 13.2 Å². The molecule has 0 spiro atoms. The van der Waals surface area contributed by atoms with Crippen molar-refractivity contribution < 1.29 is 17.9 Å². The Balaban J connectivity index is 1.48. The highest BCUT2D eigenvalue weighted by Gasteiger charge is 2.35. The van der Waals surface area contributed by atoms with E-state index in [1.165, 1.54) is 18.3 Å². The van der Waals surface area contributed by atoms with E-state index in [-0.39, 0.29) is 10.4 Å². The maximum atomic E-state index is 13.2. The molecule has 0 bridgehead atoms. The predicted molar refractivity (Wildman–Crippen MR) is 110 cm³/mol. The first-order chi connectivity index (χ1) is 14.7. The van der Waals surface area contributed by atoms with E-state index < -0.39 is 11.9 Å². The number of aromatic amines is 1. The van der Waals surface area contributed by atoms with Gasteiger partial charge in [-0.2, -0.15) is 18.2 Å². The molecule has 4 rings (SSSR count). The van der Waals surface area contributed by atoms with E-state index in [4.69, 9.17) is 4.74 Å². The van der Waals surface area contributed by atoms with Crippen LogP contribution in [0.1, 0.15) is 19.5 Å². The Morgan fingerprint density at radius 1 is 1.19 bits per heavy atom. The highest BCUT2D eigenvalue weighted by atomic mass is 32.2. The van der Waals surface area contributed by atoms with Crippen molar-refractivity contribution in [2.24, 2.45) is 0 Å². The van der Waals surface area contributed by atoms with Gasteiger partial charge in [0, 0.05) is 36.3 Å². The van der Waals surface area contributed by atoms with Crippen LogP contribution in [-0.2, 0) is 10.9 Å². The van der Waals surface area contributed by atoms with Crippen LogP contribution in [0.15, 0.2) is 34.4 Å². The quantitative estimate of drug-likeness (QED) is 0.587. The molecule has 31 heavy (non-hydrogen) atoms. The third-order valence-corrected chi connectivity index (χ3v) is 5.95. The molecule has 0 saturated carbocycles.